The highest BCUT2D eigenvalue weighted by Crippen LogP contribution is 2.03. The van der Waals surface area contributed by atoms with Gasteiger partial charge in [-0.3, -0.25) is 4.98 Å². The summed E-state index contributed by atoms with van der Waals surface area (Å²) in [5, 5.41) is 8.91. The molecule has 0 bridgehead atoms. The predicted molar refractivity (Wildman–Crippen MR) is 56.8 cm³/mol. The van der Waals surface area contributed by atoms with E-state index in [0.29, 0.717) is 5.92 Å². The van der Waals surface area contributed by atoms with Crippen LogP contribution in [-0.4, -0.2) is 35.2 Å². The second kappa shape index (κ2) is 5.73. The van der Waals surface area contributed by atoms with Gasteiger partial charge in [0.2, 0.25) is 0 Å². The fourth-order valence-corrected chi connectivity index (χ4v) is 1.45. The van der Waals surface area contributed by atoms with Gasteiger partial charge in [-0.15, -0.1) is 0 Å². The summed E-state index contributed by atoms with van der Waals surface area (Å²) in [7, 11) is 2.06. The number of hydrogen-bond donors (Lipinski definition) is 1. The van der Waals surface area contributed by atoms with E-state index in [1.807, 2.05) is 19.1 Å². The largest absolute Gasteiger partial charge is 0.396 e. The average molecular weight is 194 g/mol. The molecule has 1 aromatic rings. The Bertz CT molecular complexity index is 251. The van der Waals surface area contributed by atoms with E-state index in [9.17, 15) is 0 Å². The maximum Gasteiger partial charge on any atom is 0.0468 e. The molecule has 0 aliphatic rings. The molecular weight excluding hydrogens is 176 g/mol. The van der Waals surface area contributed by atoms with Gasteiger partial charge in [0, 0.05) is 32.1 Å². The standard InChI is InChI=1S/C11H18N2O/c1-10(9-14)7-13(2)8-11-3-5-12-6-4-11/h3-6,10,14H,7-9H2,1-2H3. The Balaban J connectivity index is 2.37. The molecule has 78 valence electrons. The highest BCUT2D eigenvalue weighted by atomic mass is 16.3. The predicted octanol–water partition coefficient (Wildman–Crippen LogP) is 1.14. The third-order valence-corrected chi connectivity index (χ3v) is 2.14. The van der Waals surface area contributed by atoms with Gasteiger partial charge in [0.1, 0.15) is 0 Å². The second-order valence-corrected chi connectivity index (χ2v) is 3.84. The molecule has 14 heavy (non-hydrogen) atoms. The molecule has 3 nitrogen and oxygen atoms in total. The summed E-state index contributed by atoms with van der Waals surface area (Å²) in [6, 6.07) is 4.03. The molecule has 0 aliphatic heterocycles. The van der Waals surface area contributed by atoms with Gasteiger partial charge in [0.15, 0.2) is 0 Å². The fourth-order valence-electron chi connectivity index (χ4n) is 1.45. The van der Waals surface area contributed by atoms with Crippen molar-refractivity contribution >= 4 is 0 Å². The number of aliphatic hydroxyl groups is 1. The number of pyridine rings is 1. The number of hydrogen-bond acceptors (Lipinski definition) is 3. The van der Waals surface area contributed by atoms with E-state index in [4.69, 9.17) is 5.11 Å². The van der Waals surface area contributed by atoms with Crippen LogP contribution in [0.5, 0.6) is 0 Å². The van der Waals surface area contributed by atoms with Crippen LogP contribution in [0, 0.1) is 5.92 Å². The first kappa shape index (κ1) is 11.1. The molecule has 0 spiro atoms. The average Bonchev–Trinajstić information content (AvgIpc) is 2.19. The minimum absolute atomic E-state index is 0.251. The van der Waals surface area contributed by atoms with Crippen molar-refractivity contribution in [3.8, 4) is 0 Å². The van der Waals surface area contributed by atoms with E-state index in [0.717, 1.165) is 13.1 Å². The van der Waals surface area contributed by atoms with Crippen LogP contribution < -0.4 is 0 Å². The van der Waals surface area contributed by atoms with Gasteiger partial charge in [0.05, 0.1) is 0 Å². The lowest BCUT2D eigenvalue weighted by Crippen LogP contribution is -2.25. The third-order valence-electron chi connectivity index (χ3n) is 2.14. The molecule has 1 rings (SSSR count). The van der Waals surface area contributed by atoms with Crippen molar-refractivity contribution in [3.63, 3.8) is 0 Å². The molecule has 0 amide bonds. The van der Waals surface area contributed by atoms with Crippen molar-refractivity contribution < 1.29 is 5.11 Å². The zero-order valence-electron chi connectivity index (χ0n) is 8.85. The zero-order chi connectivity index (χ0) is 10.4. The molecular formula is C11H18N2O. The lowest BCUT2D eigenvalue weighted by atomic mass is 10.2. The maximum absolute atomic E-state index is 8.91. The van der Waals surface area contributed by atoms with Crippen LogP contribution in [0.3, 0.4) is 0 Å². The summed E-state index contributed by atoms with van der Waals surface area (Å²) in [4.78, 5) is 6.18. The monoisotopic (exact) mass is 194 g/mol. The zero-order valence-corrected chi connectivity index (χ0v) is 8.85. The lowest BCUT2D eigenvalue weighted by molar-refractivity contribution is 0.187. The van der Waals surface area contributed by atoms with E-state index < -0.39 is 0 Å². The number of nitrogens with zero attached hydrogens (tertiary/aromatic N) is 2. The Morgan fingerprint density at radius 1 is 1.43 bits per heavy atom. The first-order valence-corrected chi connectivity index (χ1v) is 4.90. The Kier molecular flexibility index (Phi) is 4.56. The minimum Gasteiger partial charge on any atom is -0.396 e. The summed E-state index contributed by atoms with van der Waals surface area (Å²) in [5.74, 6) is 0.335. The Morgan fingerprint density at radius 3 is 2.64 bits per heavy atom. The van der Waals surface area contributed by atoms with Gasteiger partial charge in [-0.05, 0) is 30.7 Å². The van der Waals surface area contributed by atoms with Crippen LogP contribution in [0.2, 0.25) is 0 Å². The van der Waals surface area contributed by atoms with Crippen molar-refractivity contribution in [2.75, 3.05) is 20.2 Å². The summed E-state index contributed by atoms with van der Waals surface area (Å²) in [6.45, 7) is 4.12. The van der Waals surface area contributed by atoms with Crippen molar-refractivity contribution in [2.45, 2.75) is 13.5 Å². The van der Waals surface area contributed by atoms with Crippen molar-refractivity contribution in [2.24, 2.45) is 5.92 Å². The number of rotatable bonds is 5. The molecule has 0 aliphatic carbocycles. The lowest BCUT2D eigenvalue weighted by Gasteiger charge is -2.19. The van der Waals surface area contributed by atoms with Crippen LogP contribution in [0.4, 0.5) is 0 Å². The summed E-state index contributed by atoms with van der Waals surface area (Å²) < 4.78 is 0. The molecule has 1 unspecified atom stereocenters. The van der Waals surface area contributed by atoms with Gasteiger partial charge in [0.25, 0.3) is 0 Å². The van der Waals surface area contributed by atoms with E-state index in [2.05, 4.69) is 16.9 Å². The quantitative estimate of drug-likeness (QED) is 0.763. The van der Waals surface area contributed by atoms with Crippen LogP contribution >= 0.6 is 0 Å². The van der Waals surface area contributed by atoms with Crippen molar-refractivity contribution in [1.29, 1.82) is 0 Å². The van der Waals surface area contributed by atoms with E-state index in [1.165, 1.54) is 5.56 Å². The van der Waals surface area contributed by atoms with Crippen LogP contribution in [0.1, 0.15) is 12.5 Å². The molecule has 1 N–H and O–H groups in total. The molecule has 1 heterocycles. The first-order valence-electron chi connectivity index (χ1n) is 4.90. The van der Waals surface area contributed by atoms with Crippen LogP contribution in [-0.2, 0) is 6.54 Å². The number of aromatic nitrogens is 1. The van der Waals surface area contributed by atoms with Gasteiger partial charge >= 0.3 is 0 Å². The Morgan fingerprint density at radius 2 is 2.07 bits per heavy atom. The molecule has 0 saturated carbocycles. The first-order chi connectivity index (χ1) is 6.72. The van der Waals surface area contributed by atoms with Crippen LogP contribution in [0.25, 0.3) is 0 Å². The SMILES string of the molecule is CC(CO)CN(C)Cc1ccncc1. The van der Waals surface area contributed by atoms with Gasteiger partial charge in [-0.25, -0.2) is 0 Å². The molecule has 1 aromatic heterocycles. The van der Waals surface area contributed by atoms with Gasteiger partial charge in [-0.1, -0.05) is 6.92 Å². The van der Waals surface area contributed by atoms with Gasteiger partial charge in [-0.2, -0.15) is 0 Å². The van der Waals surface area contributed by atoms with Crippen molar-refractivity contribution in [3.05, 3.63) is 30.1 Å². The van der Waals surface area contributed by atoms with Gasteiger partial charge < -0.3 is 10.0 Å². The summed E-state index contributed by atoms with van der Waals surface area (Å²) in [5.41, 5.74) is 1.26. The molecule has 3 heteroatoms. The van der Waals surface area contributed by atoms with Crippen molar-refractivity contribution in [1.82, 2.24) is 9.88 Å². The van der Waals surface area contributed by atoms with E-state index >= 15 is 0 Å². The Hall–Kier alpha value is -0.930. The number of aliphatic hydroxyl groups excluding tert-OH is 1. The molecule has 0 fully saturated rings. The minimum atomic E-state index is 0.251. The molecule has 0 saturated heterocycles. The maximum atomic E-state index is 8.91. The van der Waals surface area contributed by atoms with E-state index in [1.54, 1.807) is 12.4 Å². The Labute approximate surface area is 85.4 Å². The summed E-state index contributed by atoms with van der Waals surface area (Å²) >= 11 is 0. The third kappa shape index (κ3) is 3.85. The molecule has 0 radical (unpaired) electrons. The normalized spacial score (nSPS) is 13.1. The topological polar surface area (TPSA) is 36.4 Å². The van der Waals surface area contributed by atoms with E-state index in [-0.39, 0.29) is 6.61 Å². The smallest absolute Gasteiger partial charge is 0.0468 e. The molecule has 1 atom stereocenters. The second-order valence-electron chi connectivity index (χ2n) is 3.84. The summed E-state index contributed by atoms with van der Waals surface area (Å²) in [6.07, 6.45) is 3.61. The van der Waals surface area contributed by atoms with Crippen LogP contribution in [0.15, 0.2) is 24.5 Å². The molecule has 0 aromatic carbocycles. The fraction of sp³-hybridized carbons (Fsp3) is 0.545. The highest BCUT2D eigenvalue weighted by Gasteiger charge is 2.05. The highest BCUT2D eigenvalue weighted by molar-refractivity contribution is 5.09.